The third kappa shape index (κ3) is 7.99. The normalized spacial score (nSPS) is 33.1. The van der Waals surface area contributed by atoms with Gasteiger partial charge >= 0.3 is 11.9 Å². The van der Waals surface area contributed by atoms with E-state index >= 15 is 0 Å². The van der Waals surface area contributed by atoms with Gasteiger partial charge < -0.3 is 39.8 Å². The molecule has 5 fully saturated rings. The number of nitrogens with one attached hydrogen (secondary N) is 2. The number of methoxy groups -OCH3 is 1. The lowest BCUT2D eigenvalue weighted by atomic mass is 9.92. The van der Waals surface area contributed by atoms with Crippen molar-refractivity contribution in [2.45, 2.75) is 147 Å². The number of hydrogen-bond acceptors (Lipinski definition) is 10. The van der Waals surface area contributed by atoms with E-state index in [4.69, 9.17) is 14.2 Å². The van der Waals surface area contributed by atoms with E-state index in [-0.39, 0.29) is 43.0 Å². The number of aliphatic hydroxyl groups excluding tert-OH is 1. The summed E-state index contributed by atoms with van der Waals surface area (Å²) in [6, 6.07) is 4.20. The van der Waals surface area contributed by atoms with E-state index < -0.39 is 88.9 Å². The summed E-state index contributed by atoms with van der Waals surface area (Å²) in [5.74, 6) is -3.46. The van der Waals surface area contributed by atoms with E-state index in [1.165, 1.54) is 9.80 Å². The van der Waals surface area contributed by atoms with Crippen LogP contribution in [-0.4, -0.2) is 113 Å². The highest BCUT2D eigenvalue weighted by atomic mass is 16.6. The van der Waals surface area contributed by atoms with E-state index in [1.807, 2.05) is 39.8 Å². The molecule has 0 aromatic heterocycles. The van der Waals surface area contributed by atoms with Crippen molar-refractivity contribution in [2.24, 2.45) is 29.1 Å². The van der Waals surface area contributed by atoms with Crippen molar-refractivity contribution in [2.75, 3.05) is 20.7 Å². The first-order valence-electron chi connectivity index (χ1n) is 20.9. The van der Waals surface area contributed by atoms with Gasteiger partial charge in [-0.15, -0.1) is 0 Å². The fraction of sp³-hybridized carbons (Fsp3) is 0.721. The first kappa shape index (κ1) is 42.4. The maximum atomic E-state index is 14.5. The molecule has 14 heteroatoms. The molecule has 3 saturated carbocycles. The summed E-state index contributed by atoms with van der Waals surface area (Å²) in [5, 5.41) is 17.8. The number of esters is 2. The highest BCUT2D eigenvalue weighted by molar-refractivity contribution is 5.95. The molecule has 14 nitrogen and oxygen atoms in total. The molecule has 5 aliphatic rings. The molecule has 3 spiro atoms. The first-order valence-corrected chi connectivity index (χ1v) is 20.9. The van der Waals surface area contributed by atoms with Gasteiger partial charge in [-0.05, 0) is 86.3 Å². The molecule has 0 radical (unpaired) electrons. The number of amides is 4. The number of ether oxygens (including phenoxy) is 3. The highest BCUT2D eigenvalue weighted by Crippen LogP contribution is 2.67. The molecule has 2 saturated heterocycles. The summed E-state index contributed by atoms with van der Waals surface area (Å²) < 4.78 is 17.5. The summed E-state index contributed by atoms with van der Waals surface area (Å²) in [4.78, 5) is 88.2. The number of hydrogen-bond donors (Lipinski definition) is 3. The standard InChI is InChI=1S/C43H62N4O10/c1-9-29-26(6)43(29)33(48)23-34(49)56-35(25(4)5)36(50)44-30(21-24(2)3)37(51)47-20-10-11-31(47)38(52)46(7)32(22-27-12-14-28(55-8)15-13-27)39(53)57-42(18-19-42)41(16-17-41)40(54)45-43/h12-15,24-26,29-33,35,48H,9-11,16-23H2,1-8H3,(H,44,50)(H,45,54)/t26-,29?,30-,31-,32-,33-,35-,43?/m0/s1. The molecule has 8 atom stereocenters. The summed E-state index contributed by atoms with van der Waals surface area (Å²) in [6.07, 6.45) is 0.763. The molecular weight excluding hydrogens is 732 g/mol. The van der Waals surface area contributed by atoms with Gasteiger partial charge in [-0.2, -0.15) is 0 Å². The minimum atomic E-state index is -1.32. The van der Waals surface area contributed by atoms with Crippen molar-refractivity contribution < 1.29 is 48.1 Å². The van der Waals surface area contributed by atoms with Crippen molar-refractivity contribution in [3.8, 4) is 5.75 Å². The van der Waals surface area contributed by atoms with Crippen LogP contribution in [0.2, 0.25) is 0 Å². The molecular formula is C43H62N4O10. The van der Waals surface area contributed by atoms with Crippen LogP contribution in [0.5, 0.6) is 5.75 Å². The second kappa shape index (κ2) is 16.2. The molecule has 2 heterocycles. The predicted octanol–water partition coefficient (Wildman–Crippen LogP) is 3.31. The Morgan fingerprint density at radius 2 is 1.65 bits per heavy atom. The van der Waals surface area contributed by atoms with E-state index in [0.29, 0.717) is 50.7 Å². The lowest BCUT2D eigenvalue weighted by molar-refractivity contribution is -0.168. The van der Waals surface area contributed by atoms with Crippen LogP contribution in [0, 0.1) is 29.1 Å². The molecule has 2 unspecified atom stereocenters. The summed E-state index contributed by atoms with van der Waals surface area (Å²) in [6.45, 7) is 11.5. The molecule has 57 heavy (non-hydrogen) atoms. The van der Waals surface area contributed by atoms with Crippen LogP contribution in [0.4, 0.5) is 0 Å². The van der Waals surface area contributed by atoms with Gasteiger partial charge in [-0.3, -0.25) is 24.0 Å². The van der Waals surface area contributed by atoms with Gasteiger partial charge in [0.25, 0.3) is 5.91 Å². The SMILES string of the molecule is CCC1[C@H](C)C12NC(=O)C1(CC1)C1(CC1)OC(=O)[C@H](Cc1ccc(OC)cc1)N(C)C(=O)[C@@H]1CCCN1C(=O)[C@H](CC(C)C)NC(=O)[C@H](C(C)C)OC(=O)C[C@@H]2O. The topological polar surface area (TPSA) is 181 Å². The van der Waals surface area contributed by atoms with E-state index in [2.05, 4.69) is 10.6 Å². The molecule has 2 aliphatic heterocycles. The van der Waals surface area contributed by atoms with Gasteiger partial charge in [0.15, 0.2) is 6.10 Å². The van der Waals surface area contributed by atoms with E-state index in [9.17, 15) is 33.9 Å². The summed E-state index contributed by atoms with van der Waals surface area (Å²) in [7, 11) is 3.11. The zero-order valence-electron chi connectivity index (χ0n) is 34.8. The van der Waals surface area contributed by atoms with Gasteiger partial charge in [0.2, 0.25) is 17.7 Å². The Labute approximate surface area is 336 Å². The van der Waals surface area contributed by atoms with Crippen molar-refractivity contribution in [3.63, 3.8) is 0 Å². The monoisotopic (exact) mass is 794 g/mol. The van der Waals surface area contributed by atoms with Gasteiger partial charge in [0.1, 0.15) is 29.5 Å². The number of fused-ring (bicyclic) bond motifs is 2. The quantitative estimate of drug-likeness (QED) is 0.347. The Morgan fingerprint density at radius 1 is 0.982 bits per heavy atom. The van der Waals surface area contributed by atoms with Gasteiger partial charge in [-0.25, -0.2) is 4.79 Å². The van der Waals surface area contributed by atoms with Crippen LogP contribution in [0.25, 0.3) is 0 Å². The Bertz CT molecular complexity index is 1720. The van der Waals surface area contributed by atoms with Crippen molar-refractivity contribution in [1.82, 2.24) is 20.4 Å². The average molecular weight is 795 g/mol. The highest BCUT2D eigenvalue weighted by Gasteiger charge is 2.75. The second-order valence-electron chi connectivity index (χ2n) is 18.0. The van der Waals surface area contributed by atoms with Crippen LogP contribution in [0.3, 0.4) is 0 Å². The Morgan fingerprint density at radius 3 is 2.19 bits per heavy atom. The minimum Gasteiger partial charge on any atom is -0.497 e. The number of carbonyl (C=O) groups is 6. The average Bonchev–Trinajstić information content (AvgIpc) is 4.13. The Kier molecular flexibility index (Phi) is 12.1. The largest absolute Gasteiger partial charge is 0.497 e. The van der Waals surface area contributed by atoms with Gasteiger partial charge in [0, 0.05) is 20.0 Å². The second-order valence-corrected chi connectivity index (χ2v) is 18.0. The Balaban J connectivity index is 1.39. The summed E-state index contributed by atoms with van der Waals surface area (Å²) >= 11 is 0. The maximum absolute atomic E-state index is 14.5. The first-order chi connectivity index (χ1) is 26.9. The third-order valence-corrected chi connectivity index (χ3v) is 13.5. The number of carbonyl (C=O) groups excluding carboxylic acids is 6. The van der Waals surface area contributed by atoms with Crippen LogP contribution < -0.4 is 15.4 Å². The van der Waals surface area contributed by atoms with Crippen LogP contribution >= 0.6 is 0 Å². The predicted molar refractivity (Wildman–Crippen MR) is 208 cm³/mol. The fourth-order valence-electron chi connectivity index (χ4n) is 9.79. The fourth-order valence-corrected chi connectivity index (χ4v) is 9.79. The number of rotatable bonds is 7. The van der Waals surface area contributed by atoms with Crippen LogP contribution in [0.15, 0.2) is 24.3 Å². The molecule has 3 aliphatic carbocycles. The Hall–Kier alpha value is -4.20. The molecule has 0 bridgehead atoms. The van der Waals surface area contributed by atoms with Crippen molar-refractivity contribution in [1.29, 1.82) is 0 Å². The van der Waals surface area contributed by atoms with Crippen molar-refractivity contribution in [3.05, 3.63) is 29.8 Å². The number of benzene rings is 1. The lowest BCUT2D eigenvalue weighted by Crippen LogP contribution is -2.57. The number of nitrogens with zero attached hydrogens (tertiary/aromatic N) is 2. The lowest BCUT2D eigenvalue weighted by Gasteiger charge is -2.36. The zero-order valence-corrected chi connectivity index (χ0v) is 34.8. The van der Waals surface area contributed by atoms with Gasteiger partial charge in [-0.1, -0.05) is 60.1 Å². The van der Waals surface area contributed by atoms with E-state index in [1.54, 1.807) is 40.1 Å². The molecule has 4 amide bonds. The third-order valence-electron chi connectivity index (χ3n) is 13.5. The molecule has 1 aromatic carbocycles. The molecule has 314 valence electrons. The summed E-state index contributed by atoms with van der Waals surface area (Å²) in [5.41, 5.74) is -2.48. The minimum absolute atomic E-state index is 0.0186. The number of aliphatic hydroxyl groups is 1. The van der Waals surface area contributed by atoms with Crippen molar-refractivity contribution >= 4 is 35.6 Å². The number of likely N-dealkylation sites (N-methyl/N-ethyl adjacent to an activating group) is 1. The molecule has 1 aromatic rings. The van der Waals surface area contributed by atoms with Gasteiger partial charge in [0.05, 0.1) is 30.6 Å². The maximum Gasteiger partial charge on any atom is 0.329 e. The zero-order chi connectivity index (χ0) is 41.6. The van der Waals surface area contributed by atoms with Crippen LogP contribution in [0.1, 0.15) is 105 Å². The van der Waals surface area contributed by atoms with Crippen LogP contribution in [-0.2, 0) is 44.7 Å². The molecule has 6 rings (SSSR count). The van der Waals surface area contributed by atoms with E-state index in [0.717, 1.165) is 5.56 Å². The molecule has 3 N–H and O–H groups in total. The number of cyclic esters (lactones) is 1. The smallest absolute Gasteiger partial charge is 0.329 e.